The third-order valence-electron chi connectivity index (χ3n) is 8.95. The number of hydrogen-bond donors (Lipinski definition) is 1. The smallest absolute Gasteiger partial charge is 0.162 e. The molecule has 2 heterocycles. The number of allylic oxidation sites excluding steroid dienone is 4. The predicted molar refractivity (Wildman–Crippen MR) is 207 cm³/mol. The fourth-order valence-electron chi connectivity index (χ4n) is 5.94. The number of nitrogens with one attached hydrogen (secondary N) is 1. The molecule has 0 saturated carbocycles. The Kier molecular flexibility index (Phi) is 23.7. The zero-order valence-electron chi connectivity index (χ0n) is 31.8. The van der Waals surface area contributed by atoms with Gasteiger partial charge in [-0.25, -0.2) is 0 Å². The van der Waals surface area contributed by atoms with Crippen LogP contribution in [0, 0.1) is 23.2 Å². The van der Waals surface area contributed by atoms with Crippen molar-refractivity contribution in [1.82, 2.24) is 5.32 Å². The Bertz CT molecular complexity index is 1420. The minimum atomic E-state index is 0.242. The van der Waals surface area contributed by atoms with Gasteiger partial charge in [-0.2, -0.15) is 5.26 Å². The van der Waals surface area contributed by atoms with Gasteiger partial charge in [-0.3, -0.25) is 4.79 Å². The van der Waals surface area contributed by atoms with Crippen molar-refractivity contribution in [3.8, 4) is 6.07 Å². The van der Waals surface area contributed by atoms with E-state index in [1.807, 2.05) is 47.3 Å². The highest BCUT2D eigenvalue weighted by molar-refractivity contribution is 5.96. The summed E-state index contributed by atoms with van der Waals surface area (Å²) in [4.78, 5) is 28.8. The summed E-state index contributed by atoms with van der Waals surface area (Å²) in [6.07, 6.45) is 11.1. The first-order valence-electron chi connectivity index (χ1n) is 18.0. The Morgan fingerprint density at radius 1 is 1.02 bits per heavy atom. The second-order valence-electron chi connectivity index (χ2n) is 11.8. The van der Waals surface area contributed by atoms with Crippen LogP contribution in [0.15, 0.2) is 59.8 Å². The molecule has 6 heteroatoms. The number of carbonyl (C=O) groups is 3. The van der Waals surface area contributed by atoms with E-state index >= 15 is 0 Å². The zero-order valence-corrected chi connectivity index (χ0v) is 31.8. The molecule has 2 aliphatic heterocycles. The Hall–Kier alpha value is -4.08. The van der Waals surface area contributed by atoms with Crippen LogP contribution in [-0.4, -0.2) is 39.1 Å². The summed E-state index contributed by atoms with van der Waals surface area (Å²) in [6, 6.07) is 15.1. The van der Waals surface area contributed by atoms with Crippen LogP contribution in [0.2, 0.25) is 0 Å². The number of ketones is 1. The molecule has 0 bridgehead atoms. The predicted octanol–water partition coefficient (Wildman–Crippen LogP) is 10.1. The number of dihydropyridines is 1. The summed E-state index contributed by atoms with van der Waals surface area (Å²) in [5.74, 6) is 1.41. The van der Waals surface area contributed by atoms with E-state index in [-0.39, 0.29) is 5.78 Å². The number of aryl methyl sites for hydroxylation is 1. The lowest BCUT2D eigenvalue weighted by Gasteiger charge is -2.23. The average Bonchev–Trinajstić information content (AvgIpc) is 3.18. The fraction of sp³-hybridized carbons (Fsp3) is 0.488. The van der Waals surface area contributed by atoms with E-state index in [0.717, 1.165) is 86.2 Å². The van der Waals surface area contributed by atoms with Gasteiger partial charge >= 0.3 is 0 Å². The molecule has 2 aliphatic rings. The summed E-state index contributed by atoms with van der Waals surface area (Å²) in [5.41, 5.74) is 10.9. The van der Waals surface area contributed by atoms with E-state index in [0.29, 0.717) is 18.3 Å². The van der Waals surface area contributed by atoms with Crippen molar-refractivity contribution in [3.63, 3.8) is 0 Å². The van der Waals surface area contributed by atoms with Gasteiger partial charge in [0.15, 0.2) is 5.78 Å². The van der Waals surface area contributed by atoms with E-state index in [9.17, 15) is 10.1 Å². The Morgan fingerprint density at radius 3 is 2.27 bits per heavy atom. The second kappa shape index (κ2) is 25.9. The number of nitrogens with zero attached hydrogens (tertiary/aromatic N) is 1. The van der Waals surface area contributed by atoms with Crippen molar-refractivity contribution < 1.29 is 19.1 Å². The van der Waals surface area contributed by atoms with Crippen LogP contribution in [-0.2, 0) is 27.2 Å². The molecule has 6 nitrogen and oxygen atoms in total. The quantitative estimate of drug-likeness (QED) is 0.239. The molecule has 1 saturated heterocycles. The summed E-state index contributed by atoms with van der Waals surface area (Å²) >= 11 is 0. The van der Waals surface area contributed by atoms with E-state index in [1.54, 1.807) is 0 Å². The van der Waals surface area contributed by atoms with E-state index in [4.69, 9.17) is 14.3 Å². The molecule has 1 unspecified atom stereocenters. The molecule has 0 spiro atoms. The number of benzene rings is 2. The highest BCUT2D eigenvalue weighted by Crippen LogP contribution is 2.32. The molecule has 49 heavy (non-hydrogen) atoms. The van der Waals surface area contributed by atoms with Crippen LogP contribution in [0.3, 0.4) is 0 Å². The van der Waals surface area contributed by atoms with Gasteiger partial charge < -0.3 is 19.6 Å². The molecule has 2 aromatic carbocycles. The molecule has 0 aromatic heterocycles. The molecule has 1 atom stereocenters. The number of carbonyl (C=O) groups excluding carboxylic acids is 3. The van der Waals surface area contributed by atoms with Crippen LogP contribution >= 0.6 is 0 Å². The number of hydrogen-bond acceptors (Lipinski definition) is 6. The van der Waals surface area contributed by atoms with Gasteiger partial charge in [0.05, 0.1) is 11.6 Å². The van der Waals surface area contributed by atoms with Gasteiger partial charge in [0, 0.05) is 37.4 Å². The van der Waals surface area contributed by atoms with Gasteiger partial charge in [0.1, 0.15) is 13.6 Å². The van der Waals surface area contributed by atoms with Crippen LogP contribution in [0.4, 0.5) is 0 Å². The number of nitriles is 1. The lowest BCUT2D eigenvalue weighted by atomic mass is 9.87. The molecule has 0 aliphatic carbocycles. The number of ether oxygens (including phenoxy) is 1. The van der Waals surface area contributed by atoms with Gasteiger partial charge in [-0.1, -0.05) is 85.2 Å². The standard InChI is InChI=1S/C37H46N2O2.2C2H6.2CH2O/c1-6-25(3)8-13-37(40)32-11-12-34(29(7-2)22-32)26(4)20-36-27(5)35(14-17-39-36)31-10-9-30(33(23-31)24-38)21-28-15-18-41-19-16-28;4*1-2/h9-12,14,20,22-23,25,28,39H,6-8,13,15-19,21H2,1-5H3;2*1-2H3;2*1H2/b26-20+;;;;. The first-order chi connectivity index (χ1) is 23.8. The Morgan fingerprint density at radius 2 is 1.67 bits per heavy atom. The van der Waals surface area contributed by atoms with Gasteiger partial charge in [-0.15, -0.1) is 0 Å². The average molecular weight is 671 g/mol. The number of Topliss-reactive ketones (excluding diaryl/α,β-unsaturated/α-hetero) is 1. The topological polar surface area (TPSA) is 96.3 Å². The van der Waals surface area contributed by atoms with Crippen LogP contribution in [0.25, 0.3) is 11.1 Å². The summed E-state index contributed by atoms with van der Waals surface area (Å²) < 4.78 is 5.52. The van der Waals surface area contributed by atoms with Crippen molar-refractivity contribution in [2.75, 3.05) is 19.8 Å². The third-order valence-corrected chi connectivity index (χ3v) is 8.95. The maximum absolute atomic E-state index is 12.8. The first-order valence-corrected chi connectivity index (χ1v) is 18.0. The van der Waals surface area contributed by atoms with Gasteiger partial charge in [0.2, 0.25) is 0 Å². The van der Waals surface area contributed by atoms with Crippen LogP contribution < -0.4 is 5.32 Å². The molecular formula is C43H62N2O4. The molecule has 0 radical (unpaired) electrons. The largest absolute Gasteiger partial charge is 0.381 e. The van der Waals surface area contributed by atoms with Crippen molar-refractivity contribution in [1.29, 1.82) is 5.26 Å². The third kappa shape index (κ3) is 13.8. The van der Waals surface area contributed by atoms with E-state index < -0.39 is 0 Å². The molecule has 4 rings (SSSR count). The SMILES string of the molecule is C=O.C=O.CC.CC.CCc1cc(C(=O)CCC(C)CC)ccc1/C(C)=C/C1=C(C)C(c2ccc(CC3CCOCC3)c(C#N)c2)=CCN1. The lowest BCUT2D eigenvalue weighted by Crippen LogP contribution is -2.19. The minimum Gasteiger partial charge on any atom is -0.381 e. The molecule has 0 amide bonds. The van der Waals surface area contributed by atoms with E-state index in [1.165, 1.54) is 27.8 Å². The lowest BCUT2D eigenvalue weighted by molar-refractivity contribution is -0.0987. The normalized spacial score (nSPS) is 14.7. The maximum atomic E-state index is 12.8. The van der Waals surface area contributed by atoms with Crippen LogP contribution in [0.1, 0.15) is 133 Å². The Labute approximate surface area is 297 Å². The minimum absolute atomic E-state index is 0.242. The zero-order chi connectivity index (χ0) is 37.4. The maximum Gasteiger partial charge on any atom is 0.162 e. The summed E-state index contributed by atoms with van der Waals surface area (Å²) in [6.45, 7) is 25.2. The van der Waals surface area contributed by atoms with Crippen molar-refractivity contribution in [3.05, 3.63) is 93.2 Å². The van der Waals surface area contributed by atoms with E-state index in [2.05, 4.69) is 88.5 Å². The Balaban J connectivity index is 0.00000268. The molecule has 2 aromatic rings. The monoisotopic (exact) mass is 670 g/mol. The highest BCUT2D eigenvalue weighted by Gasteiger charge is 2.19. The van der Waals surface area contributed by atoms with Crippen molar-refractivity contribution in [2.45, 2.75) is 107 Å². The molecule has 268 valence electrons. The van der Waals surface area contributed by atoms with Crippen molar-refractivity contribution >= 4 is 30.5 Å². The second-order valence-corrected chi connectivity index (χ2v) is 11.8. The summed E-state index contributed by atoms with van der Waals surface area (Å²) in [7, 11) is 0. The molecular weight excluding hydrogens is 608 g/mol. The highest BCUT2D eigenvalue weighted by atomic mass is 16.5. The number of rotatable bonds is 11. The first kappa shape index (κ1) is 44.9. The molecule has 1 N–H and O–H groups in total. The summed E-state index contributed by atoms with van der Waals surface area (Å²) in [5, 5.41) is 13.5. The van der Waals surface area contributed by atoms with Crippen LogP contribution in [0.5, 0.6) is 0 Å². The van der Waals surface area contributed by atoms with Gasteiger partial charge in [-0.05, 0) is 115 Å². The fourth-order valence-corrected chi connectivity index (χ4v) is 5.94. The van der Waals surface area contributed by atoms with Gasteiger partial charge in [0.25, 0.3) is 0 Å². The molecule has 1 fully saturated rings. The van der Waals surface area contributed by atoms with Crippen molar-refractivity contribution in [2.24, 2.45) is 11.8 Å².